The molecule has 1 heterocycles. The Morgan fingerprint density at radius 1 is 1.10 bits per heavy atom. The van der Waals surface area contributed by atoms with Gasteiger partial charge in [0.2, 0.25) is 5.91 Å². The van der Waals surface area contributed by atoms with E-state index in [1.165, 1.54) is 14.2 Å². The van der Waals surface area contributed by atoms with Crippen LogP contribution in [-0.2, 0) is 17.8 Å². The van der Waals surface area contributed by atoms with Gasteiger partial charge in [-0.3, -0.25) is 9.59 Å². The average molecular weight is 397 g/mol. The third kappa shape index (κ3) is 5.10. The third-order valence-corrected chi connectivity index (χ3v) is 3.88. The van der Waals surface area contributed by atoms with Crippen LogP contribution in [0.3, 0.4) is 0 Å². The lowest BCUT2D eigenvalue weighted by Crippen LogP contribution is -2.15. The standard InChI is InChI=1S/C20H19N3O6/c1-26-15-6-4-3-5-14(15)21-19(25)10-18-22-20(29-23-18)12-28-16-8-7-13(11-24)9-17(16)27-2/h3-9,11H,10,12H2,1-2H3,(H,21,25). The molecule has 3 rings (SSSR count). The van der Waals surface area contributed by atoms with Crippen LogP contribution in [0.4, 0.5) is 5.69 Å². The summed E-state index contributed by atoms with van der Waals surface area (Å²) in [6.45, 7) is -0.0159. The number of aromatic nitrogens is 2. The van der Waals surface area contributed by atoms with Gasteiger partial charge in [0.25, 0.3) is 5.89 Å². The molecule has 0 bridgehead atoms. The lowest BCUT2D eigenvalue weighted by atomic mass is 10.2. The minimum atomic E-state index is -0.311. The van der Waals surface area contributed by atoms with Crippen molar-refractivity contribution in [3.8, 4) is 17.2 Å². The molecular formula is C20H19N3O6. The molecule has 1 N–H and O–H groups in total. The summed E-state index contributed by atoms with van der Waals surface area (Å²) in [6.07, 6.45) is 0.644. The van der Waals surface area contributed by atoms with E-state index in [4.69, 9.17) is 18.7 Å². The Balaban J connectivity index is 1.58. The SMILES string of the molecule is COc1ccccc1NC(=O)Cc1noc(COc2ccc(C=O)cc2OC)n1. The van der Waals surface area contributed by atoms with E-state index in [2.05, 4.69) is 15.5 Å². The van der Waals surface area contributed by atoms with E-state index in [0.717, 1.165) is 0 Å². The van der Waals surface area contributed by atoms with Crippen LogP contribution in [0.2, 0.25) is 0 Å². The van der Waals surface area contributed by atoms with E-state index in [-0.39, 0.29) is 30.7 Å². The molecule has 2 aromatic carbocycles. The van der Waals surface area contributed by atoms with E-state index >= 15 is 0 Å². The highest BCUT2D eigenvalue weighted by molar-refractivity contribution is 5.93. The van der Waals surface area contributed by atoms with Gasteiger partial charge in [0, 0.05) is 5.56 Å². The first-order valence-electron chi connectivity index (χ1n) is 8.63. The quantitative estimate of drug-likeness (QED) is 0.548. The highest BCUT2D eigenvalue weighted by atomic mass is 16.5. The molecule has 29 heavy (non-hydrogen) atoms. The predicted molar refractivity (Wildman–Crippen MR) is 102 cm³/mol. The Labute approximate surface area is 166 Å². The minimum Gasteiger partial charge on any atom is -0.495 e. The highest BCUT2D eigenvalue weighted by Gasteiger charge is 2.14. The van der Waals surface area contributed by atoms with E-state index in [1.807, 2.05) is 0 Å². The maximum absolute atomic E-state index is 12.2. The first-order chi connectivity index (χ1) is 14.1. The summed E-state index contributed by atoms with van der Waals surface area (Å²) in [4.78, 5) is 27.2. The van der Waals surface area contributed by atoms with Crippen molar-refractivity contribution in [2.24, 2.45) is 0 Å². The minimum absolute atomic E-state index is 0.0159. The molecule has 0 atom stereocenters. The second kappa shape index (κ2) is 9.36. The number of methoxy groups -OCH3 is 2. The van der Waals surface area contributed by atoms with Gasteiger partial charge >= 0.3 is 0 Å². The fourth-order valence-corrected chi connectivity index (χ4v) is 2.52. The van der Waals surface area contributed by atoms with Crippen molar-refractivity contribution in [1.29, 1.82) is 0 Å². The zero-order valence-corrected chi connectivity index (χ0v) is 15.9. The normalized spacial score (nSPS) is 10.3. The van der Waals surface area contributed by atoms with E-state index < -0.39 is 0 Å². The molecule has 0 radical (unpaired) electrons. The number of amides is 1. The molecule has 0 fully saturated rings. The molecule has 0 saturated heterocycles. The fraction of sp³-hybridized carbons (Fsp3) is 0.200. The van der Waals surface area contributed by atoms with Crippen molar-refractivity contribution in [2.75, 3.05) is 19.5 Å². The zero-order valence-electron chi connectivity index (χ0n) is 15.9. The number of nitrogens with one attached hydrogen (secondary N) is 1. The summed E-state index contributed by atoms with van der Waals surface area (Å²) in [6, 6.07) is 11.8. The molecule has 0 aliphatic carbocycles. The molecule has 0 spiro atoms. The van der Waals surface area contributed by atoms with Crippen LogP contribution in [-0.4, -0.2) is 36.6 Å². The van der Waals surface area contributed by atoms with Crippen LogP contribution in [0, 0.1) is 0 Å². The number of para-hydroxylation sites is 2. The largest absolute Gasteiger partial charge is 0.495 e. The molecule has 0 unspecified atom stereocenters. The molecule has 9 nitrogen and oxygen atoms in total. The third-order valence-electron chi connectivity index (χ3n) is 3.88. The Kier molecular flexibility index (Phi) is 6.41. The van der Waals surface area contributed by atoms with Crippen LogP contribution in [0.25, 0.3) is 0 Å². The number of rotatable bonds is 9. The van der Waals surface area contributed by atoms with Crippen LogP contribution in [0.5, 0.6) is 17.2 Å². The lowest BCUT2D eigenvalue weighted by molar-refractivity contribution is -0.115. The number of anilines is 1. The number of hydrogen-bond donors (Lipinski definition) is 1. The maximum Gasteiger partial charge on any atom is 0.264 e. The van der Waals surface area contributed by atoms with Gasteiger partial charge < -0.3 is 24.1 Å². The van der Waals surface area contributed by atoms with E-state index in [1.54, 1.807) is 42.5 Å². The van der Waals surface area contributed by atoms with Gasteiger partial charge in [-0.05, 0) is 30.3 Å². The molecule has 1 amide bonds. The number of ether oxygens (including phenoxy) is 3. The average Bonchev–Trinajstić information content (AvgIpc) is 3.19. The van der Waals surface area contributed by atoms with Crippen molar-refractivity contribution in [1.82, 2.24) is 10.1 Å². The van der Waals surface area contributed by atoms with Gasteiger partial charge in [0.05, 0.1) is 26.3 Å². The fourth-order valence-electron chi connectivity index (χ4n) is 2.52. The Bertz CT molecular complexity index is 1000. The van der Waals surface area contributed by atoms with E-state index in [0.29, 0.717) is 34.8 Å². The van der Waals surface area contributed by atoms with Crippen molar-refractivity contribution < 1.29 is 28.3 Å². The molecule has 0 aliphatic heterocycles. The molecule has 0 saturated carbocycles. The molecule has 150 valence electrons. The summed E-state index contributed by atoms with van der Waals surface area (Å²) in [7, 11) is 3.00. The van der Waals surface area contributed by atoms with E-state index in [9.17, 15) is 9.59 Å². The number of hydrogen-bond acceptors (Lipinski definition) is 8. The maximum atomic E-state index is 12.2. The van der Waals surface area contributed by atoms with Gasteiger partial charge in [0.1, 0.15) is 12.0 Å². The van der Waals surface area contributed by atoms with Gasteiger partial charge in [-0.2, -0.15) is 4.98 Å². The summed E-state index contributed by atoms with van der Waals surface area (Å²) < 4.78 is 21.1. The van der Waals surface area contributed by atoms with Crippen LogP contribution >= 0.6 is 0 Å². The smallest absolute Gasteiger partial charge is 0.264 e. The first kappa shape index (κ1) is 19.9. The lowest BCUT2D eigenvalue weighted by Gasteiger charge is -2.09. The second-order valence-electron chi connectivity index (χ2n) is 5.85. The number of carbonyl (C=O) groups excluding carboxylic acids is 2. The Morgan fingerprint density at radius 3 is 2.66 bits per heavy atom. The molecule has 3 aromatic rings. The molecule has 1 aromatic heterocycles. The molecule has 9 heteroatoms. The van der Waals surface area contributed by atoms with Gasteiger partial charge in [0.15, 0.2) is 23.9 Å². The van der Waals surface area contributed by atoms with Crippen molar-refractivity contribution in [2.45, 2.75) is 13.0 Å². The topological polar surface area (TPSA) is 113 Å². The summed E-state index contributed by atoms with van der Waals surface area (Å²) in [5.41, 5.74) is 1.02. The monoisotopic (exact) mass is 397 g/mol. The van der Waals surface area contributed by atoms with Gasteiger partial charge in [-0.25, -0.2) is 0 Å². The zero-order chi connectivity index (χ0) is 20.6. The number of carbonyl (C=O) groups is 2. The highest BCUT2D eigenvalue weighted by Crippen LogP contribution is 2.28. The van der Waals surface area contributed by atoms with Gasteiger partial charge in [-0.15, -0.1) is 0 Å². The number of aldehydes is 1. The molecular weight excluding hydrogens is 378 g/mol. The van der Waals surface area contributed by atoms with Crippen LogP contribution in [0.15, 0.2) is 47.0 Å². The predicted octanol–water partition coefficient (Wildman–Crippen LogP) is 2.66. The summed E-state index contributed by atoms with van der Waals surface area (Å²) in [5, 5.41) is 6.53. The van der Waals surface area contributed by atoms with Crippen molar-refractivity contribution in [3.63, 3.8) is 0 Å². The molecule has 0 aliphatic rings. The van der Waals surface area contributed by atoms with Crippen LogP contribution in [0.1, 0.15) is 22.1 Å². The Morgan fingerprint density at radius 2 is 1.90 bits per heavy atom. The van der Waals surface area contributed by atoms with Crippen LogP contribution < -0.4 is 19.5 Å². The Hall–Kier alpha value is -3.88. The first-order valence-corrected chi connectivity index (χ1v) is 8.63. The van der Waals surface area contributed by atoms with Crippen molar-refractivity contribution in [3.05, 3.63) is 59.7 Å². The van der Waals surface area contributed by atoms with Gasteiger partial charge in [-0.1, -0.05) is 17.3 Å². The number of nitrogens with zero attached hydrogens (tertiary/aromatic N) is 2. The summed E-state index contributed by atoms with van der Waals surface area (Å²) >= 11 is 0. The van der Waals surface area contributed by atoms with Crippen molar-refractivity contribution >= 4 is 17.9 Å². The summed E-state index contributed by atoms with van der Waals surface area (Å²) in [5.74, 6) is 1.50. The second-order valence-corrected chi connectivity index (χ2v) is 5.85. The number of benzene rings is 2.